The summed E-state index contributed by atoms with van der Waals surface area (Å²) in [4.78, 5) is 0. The van der Waals surface area contributed by atoms with Gasteiger partial charge in [0.1, 0.15) is 0 Å². The molecule has 0 rings (SSSR count). The second kappa shape index (κ2) is 5.82. The fraction of sp³-hybridized carbons (Fsp3) is 1.00. The third-order valence-electron chi connectivity index (χ3n) is 1.77. The summed E-state index contributed by atoms with van der Waals surface area (Å²) in [5.41, 5.74) is -0.169. The van der Waals surface area contributed by atoms with Crippen LogP contribution in [0.3, 0.4) is 0 Å². The Morgan fingerprint density at radius 1 is 0.765 bits per heavy atom. The molecule has 0 bridgehead atoms. The van der Waals surface area contributed by atoms with Crippen molar-refractivity contribution in [2.45, 2.75) is 79.1 Å². The maximum atomic E-state index is 6.06. The van der Waals surface area contributed by atoms with Crippen molar-refractivity contribution in [3.8, 4) is 0 Å². The van der Waals surface area contributed by atoms with Crippen LogP contribution in [0.4, 0.5) is 0 Å². The lowest BCUT2D eigenvalue weighted by Crippen LogP contribution is -2.49. The summed E-state index contributed by atoms with van der Waals surface area (Å²) in [6, 6.07) is 0. The first kappa shape index (κ1) is 17.1. The summed E-state index contributed by atoms with van der Waals surface area (Å²) in [6.45, 7) is 19.0. The molecule has 0 aromatic rings. The van der Waals surface area contributed by atoms with Gasteiger partial charge in [0.15, 0.2) is 0 Å². The Bertz CT molecular complexity index is 207. The van der Waals surface area contributed by atoms with E-state index in [9.17, 15) is 0 Å². The molecule has 0 heterocycles. The minimum absolute atomic E-state index is 0.105. The minimum Gasteiger partial charge on any atom is -0.391 e. The molecule has 0 aromatic heterocycles. The van der Waals surface area contributed by atoms with Crippen LogP contribution in [0.2, 0.25) is 0 Å². The van der Waals surface area contributed by atoms with Crippen molar-refractivity contribution in [3.63, 3.8) is 0 Å². The van der Waals surface area contributed by atoms with Gasteiger partial charge in [0.2, 0.25) is 0 Å². The van der Waals surface area contributed by atoms with E-state index in [1.807, 2.05) is 0 Å². The van der Waals surface area contributed by atoms with Crippen LogP contribution >= 0.6 is 0 Å². The van der Waals surface area contributed by atoms with Crippen molar-refractivity contribution in [3.05, 3.63) is 0 Å². The molecule has 0 aromatic carbocycles. The van der Waals surface area contributed by atoms with Crippen molar-refractivity contribution in [1.29, 1.82) is 0 Å². The highest BCUT2D eigenvalue weighted by atomic mass is 28.3. The van der Waals surface area contributed by atoms with Gasteiger partial charge in [0.05, 0.1) is 0 Å². The van der Waals surface area contributed by atoms with Gasteiger partial charge in [-0.2, -0.15) is 0 Å². The molecule has 0 amide bonds. The van der Waals surface area contributed by atoms with Crippen LogP contribution in [0, 0.1) is 0 Å². The quantitative estimate of drug-likeness (QED) is 0.789. The molecule has 4 heteroatoms. The maximum absolute atomic E-state index is 6.06. The van der Waals surface area contributed by atoms with Crippen LogP contribution < -0.4 is 5.32 Å². The van der Waals surface area contributed by atoms with E-state index in [0.717, 1.165) is 6.17 Å². The van der Waals surface area contributed by atoms with E-state index in [1.165, 1.54) is 0 Å². The van der Waals surface area contributed by atoms with Crippen LogP contribution in [0.1, 0.15) is 62.3 Å². The van der Waals surface area contributed by atoms with E-state index in [4.69, 9.17) is 8.85 Å². The normalized spacial score (nSPS) is 14.5. The zero-order valence-electron chi connectivity index (χ0n) is 13.1. The topological polar surface area (TPSA) is 30.5 Å². The molecule has 0 radical (unpaired) electrons. The number of nitrogens with one attached hydrogen (secondary N) is 1. The van der Waals surface area contributed by atoms with E-state index in [0.29, 0.717) is 0 Å². The second-order valence-corrected chi connectivity index (χ2v) is 9.26. The average Bonchev–Trinajstić information content (AvgIpc) is 1.92. The Morgan fingerprint density at radius 3 is 1.35 bits per heavy atom. The van der Waals surface area contributed by atoms with Crippen molar-refractivity contribution < 1.29 is 8.85 Å². The summed E-state index contributed by atoms with van der Waals surface area (Å²) in [7, 11) is -1.69. The first-order valence-corrected chi connectivity index (χ1v) is 8.15. The Labute approximate surface area is 109 Å². The molecule has 0 fully saturated rings. The molecule has 0 aliphatic rings. The van der Waals surface area contributed by atoms with Gasteiger partial charge < -0.3 is 14.2 Å². The van der Waals surface area contributed by atoms with Gasteiger partial charge in [-0.25, -0.2) is 0 Å². The molecule has 0 aliphatic heterocycles. The minimum atomic E-state index is -1.69. The van der Waals surface area contributed by atoms with E-state index >= 15 is 0 Å². The Hall–Kier alpha value is 0.0969. The highest BCUT2D eigenvalue weighted by molar-refractivity contribution is 6.44. The van der Waals surface area contributed by atoms with Crippen LogP contribution in [0.25, 0.3) is 0 Å². The number of hydrogen-bond acceptors (Lipinski definition) is 3. The van der Waals surface area contributed by atoms with Gasteiger partial charge in [-0.15, -0.1) is 0 Å². The smallest absolute Gasteiger partial charge is 0.336 e. The highest BCUT2D eigenvalue weighted by Gasteiger charge is 2.27. The van der Waals surface area contributed by atoms with Crippen LogP contribution in [0.15, 0.2) is 0 Å². The predicted molar refractivity (Wildman–Crippen MR) is 76.6 cm³/mol. The van der Waals surface area contributed by atoms with E-state index in [2.05, 4.69) is 67.6 Å². The zero-order valence-corrected chi connectivity index (χ0v) is 14.3. The summed E-state index contributed by atoms with van der Waals surface area (Å²) < 4.78 is 12.1. The largest absolute Gasteiger partial charge is 0.391 e. The van der Waals surface area contributed by atoms with E-state index < -0.39 is 9.28 Å². The van der Waals surface area contributed by atoms with Gasteiger partial charge in [-0.3, -0.25) is 0 Å². The summed E-state index contributed by atoms with van der Waals surface area (Å²) in [6.07, 6.45) is 0.831. The van der Waals surface area contributed by atoms with Crippen LogP contribution in [0.5, 0.6) is 0 Å². The van der Waals surface area contributed by atoms with Gasteiger partial charge in [-0.1, -0.05) is 0 Å². The molecule has 0 unspecified atom stereocenters. The van der Waals surface area contributed by atoms with Crippen molar-refractivity contribution >= 4 is 9.28 Å². The molecule has 0 atom stereocenters. The van der Waals surface area contributed by atoms with Crippen LogP contribution in [-0.4, -0.2) is 32.2 Å². The third kappa shape index (κ3) is 12.3. The maximum Gasteiger partial charge on any atom is 0.336 e. The van der Waals surface area contributed by atoms with Gasteiger partial charge >= 0.3 is 9.28 Å². The monoisotopic (exact) mass is 261 g/mol. The molecule has 0 aliphatic carbocycles. The number of hydrogen-bond donors (Lipinski definition) is 1. The summed E-state index contributed by atoms with van der Waals surface area (Å²) >= 11 is 0. The van der Waals surface area contributed by atoms with Crippen molar-refractivity contribution in [2.75, 3.05) is 6.17 Å². The third-order valence-corrected chi connectivity index (χ3v) is 4.25. The molecule has 3 nitrogen and oxygen atoms in total. The lowest BCUT2D eigenvalue weighted by atomic mass is 10.1. The molecule has 0 saturated carbocycles. The fourth-order valence-corrected chi connectivity index (χ4v) is 3.86. The molecule has 1 N–H and O–H groups in total. The molecule has 104 valence electrons. The van der Waals surface area contributed by atoms with Gasteiger partial charge in [0.25, 0.3) is 0 Å². The SMILES string of the molecule is CC(C)(C)NC[SiH](OC(C)(C)C)OC(C)(C)C. The lowest BCUT2D eigenvalue weighted by Gasteiger charge is -2.33. The first-order valence-electron chi connectivity index (χ1n) is 6.39. The molecule has 17 heavy (non-hydrogen) atoms. The Balaban J connectivity index is 4.42. The number of rotatable bonds is 4. The zero-order chi connectivity index (χ0) is 13.9. The Morgan fingerprint density at radius 2 is 1.12 bits per heavy atom. The predicted octanol–water partition coefficient (Wildman–Crippen LogP) is 2.76. The van der Waals surface area contributed by atoms with Gasteiger partial charge in [0, 0.05) is 22.9 Å². The van der Waals surface area contributed by atoms with Crippen LogP contribution in [-0.2, 0) is 8.85 Å². The van der Waals surface area contributed by atoms with Crippen molar-refractivity contribution in [2.24, 2.45) is 0 Å². The first-order chi connectivity index (χ1) is 7.29. The van der Waals surface area contributed by atoms with Gasteiger partial charge in [-0.05, 0) is 62.3 Å². The van der Waals surface area contributed by atoms with E-state index in [-0.39, 0.29) is 16.7 Å². The lowest BCUT2D eigenvalue weighted by molar-refractivity contribution is 0.0324. The molecular formula is C13H31NO2Si. The molecular weight excluding hydrogens is 230 g/mol. The summed E-state index contributed by atoms with van der Waals surface area (Å²) in [5.74, 6) is 0. The van der Waals surface area contributed by atoms with E-state index in [1.54, 1.807) is 0 Å². The molecule has 0 spiro atoms. The standard InChI is InChI=1S/C13H31NO2Si/c1-11(2,3)14-10-17(15-12(4,5)6)16-13(7,8)9/h14,17H,10H2,1-9H3. The second-order valence-electron chi connectivity index (χ2n) is 7.52. The van der Waals surface area contributed by atoms with Crippen molar-refractivity contribution in [1.82, 2.24) is 5.32 Å². The Kier molecular flexibility index (Phi) is 5.86. The molecule has 0 saturated heterocycles. The average molecular weight is 261 g/mol. The summed E-state index contributed by atoms with van der Waals surface area (Å²) in [5, 5.41) is 3.48. The highest BCUT2D eigenvalue weighted by Crippen LogP contribution is 2.15. The fourth-order valence-electron chi connectivity index (χ4n) is 1.29.